The predicted octanol–water partition coefficient (Wildman–Crippen LogP) is 2.18. The molecule has 2 aromatic rings. The number of carbonyl (C=O) groups excluding carboxylic acids is 1. The van der Waals surface area contributed by atoms with Gasteiger partial charge in [0.1, 0.15) is 6.61 Å². The molecule has 2 fully saturated rings. The minimum absolute atomic E-state index is 0.130. The maximum absolute atomic E-state index is 12.6. The molecular formula is C21H28N4O4. The van der Waals surface area contributed by atoms with E-state index in [9.17, 15) is 4.79 Å². The molecule has 2 aliphatic rings. The number of hydrogen-bond donors (Lipinski definition) is 0. The molecule has 0 saturated carbocycles. The number of piperidine rings is 1. The molecule has 0 radical (unpaired) electrons. The SMILES string of the molecule is COCc1nc(CC2CCOC3(CCN(C(=O)Cc4ccncc4)CC3)C2)no1. The highest BCUT2D eigenvalue weighted by Gasteiger charge is 2.41. The molecule has 0 bridgehead atoms. The molecule has 8 nitrogen and oxygen atoms in total. The molecular weight excluding hydrogens is 372 g/mol. The minimum Gasteiger partial charge on any atom is -0.375 e. The average Bonchev–Trinajstić information content (AvgIpc) is 3.16. The van der Waals surface area contributed by atoms with Gasteiger partial charge in [-0.1, -0.05) is 5.16 Å². The van der Waals surface area contributed by atoms with Gasteiger partial charge < -0.3 is 18.9 Å². The van der Waals surface area contributed by atoms with Crippen molar-refractivity contribution in [2.45, 2.75) is 50.7 Å². The Hall–Kier alpha value is -2.32. The number of methoxy groups -OCH3 is 1. The molecule has 4 heterocycles. The van der Waals surface area contributed by atoms with Gasteiger partial charge in [-0.05, 0) is 49.3 Å². The standard InChI is InChI=1S/C21H28N4O4/c1-27-15-19-23-18(24-29-19)12-17-4-11-28-21(14-17)5-9-25(10-6-21)20(26)13-16-2-7-22-8-3-16/h2-3,7-8,17H,4-6,9-15H2,1H3. The largest absolute Gasteiger partial charge is 0.375 e. The summed E-state index contributed by atoms with van der Waals surface area (Å²) in [5.41, 5.74) is 0.877. The minimum atomic E-state index is -0.130. The molecule has 2 saturated heterocycles. The lowest BCUT2D eigenvalue weighted by atomic mass is 9.78. The van der Waals surface area contributed by atoms with Crippen molar-refractivity contribution in [2.24, 2.45) is 5.92 Å². The Morgan fingerprint density at radius 3 is 2.86 bits per heavy atom. The van der Waals surface area contributed by atoms with Gasteiger partial charge in [0.15, 0.2) is 5.82 Å². The van der Waals surface area contributed by atoms with Crippen LogP contribution in [0.25, 0.3) is 0 Å². The maximum Gasteiger partial charge on any atom is 0.252 e. The molecule has 0 aliphatic carbocycles. The summed E-state index contributed by atoms with van der Waals surface area (Å²) in [4.78, 5) is 23.0. The Morgan fingerprint density at radius 2 is 2.10 bits per heavy atom. The highest BCUT2D eigenvalue weighted by Crippen LogP contribution is 2.38. The van der Waals surface area contributed by atoms with Gasteiger partial charge in [0.2, 0.25) is 5.91 Å². The highest BCUT2D eigenvalue weighted by molar-refractivity contribution is 5.78. The number of ether oxygens (including phenoxy) is 2. The second kappa shape index (κ2) is 9.00. The Balaban J connectivity index is 1.29. The number of hydrogen-bond acceptors (Lipinski definition) is 7. The van der Waals surface area contributed by atoms with Crippen LogP contribution >= 0.6 is 0 Å². The zero-order chi connectivity index (χ0) is 20.1. The zero-order valence-corrected chi connectivity index (χ0v) is 16.9. The Labute approximate surface area is 170 Å². The van der Waals surface area contributed by atoms with E-state index in [0.717, 1.165) is 63.2 Å². The Bertz CT molecular complexity index is 802. The zero-order valence-electron chi connectivity index (χ0n) is 16.9. The van der Waals surface area contributed by atoms with Gasteiger partial charge in [-0.15, -0.1) is 0 Å². The van der Waals surface area contributed by atoms with E-state index < -0.39 is 0 Å². The van der Waals surface area contributed by atoms with Crippen molar-refractivity contribution >= 4 is 5.91 Å². The first-order chi connectivity index (χ1) is 14.2. The van der Waals surface area contributed by atoms with E-state index in [1.807, 2.05) is 17.0 Å². The fourth-order valence-electron chi connectivity index (χ4n) is 4.42. The molecule has 1 spiro atoms. The third kappa shape index (κ3) is 5.00. The van der Waals surface area contributed by atoms with E-state index in [1.54, 1.807) is 19.5 Å². The summed E-state index contributed by atoms with van der Waals surface area (Å²) in [6.45, 7) is 2.58. The molecule has 2 aromatic heterocycles. The average molecular weight is 400 g/mol. The van der Waals surface area contributed by atoms with Gasteiger partial charge in [0, 0.05) is 45.6 Å². The summed E-state index contributed by atoms with van der Waals surface area (Å²) in [6.07, 6.45) is 8.43. The summed E-state index contributed by atoms with van der Waals surface area (Å²) in [5.74, 6) is 1.90. The Kier molecular flexibility index (Phi) is 6.20. The summed E-state index contributed by atoms with van der Waals surface area (Å²) < 4.78 is 16.5. The van der Waals surface area contributed by atoms with Crippen molar-refractivity contribution in [1.82, 2.24) is 20.0 Å². The lowest BCUT2D eigenvalue weighted by molar-refractivity contribution is -0.146. The second-order valence-corrected chi connectivity index (χ2v) is 8.04. The smallest absolute Gasteiger partial charge is 0.252 e. The molecule has 0 N–H and O–H groups in total. The first-order valence-electron chi connectivity index (χ1n) is 10.3. The van der Waals surface area contributed by atoms with E-state index in [2.05, 4.69) is 15.1 Å². The van der Waals surface area contributed by atoms with Crippen LogP contribution in [0.3, 0.4) is 0 Å². The van der Waals surface area contributed by atoms with Crippen LogP contribution in [-0.4, -0.2) is 58.3 Å². The van der Waals surface area contributed by atoms with Crippen molar-refractivity contribution in [3.63, 3.8) is 0 Å². The monoisotopic (exact) mass is 400 g/mol. The van der Waals surface area contributed by atoms with Crippen LogP contribution in [0, 0.1) is 5.92 Å². The molecule has 156 valence electrons. The molecule has 1 unspecified atom stereocenters. The van der Waals surface area contributed by atoms with Gasteiger partial charge in [0.05, 0.1) is 12.0 Å². The predicted molar refractivity (Wildman–Crippen MR) is 104 cm³/mol. The van der Waals surface area contributed by atoms with E-state index in [4.69, 9.17) is 14.0 Å². The topological polar surface area (TPSA) is 90.6 Å². The fraction of sp³-hybridized carbons (Fsp3) is 0.619. The summed E-state index contributed by atoms with van der Waals surface area (Å²) in [5, 5.41) is 4.07. The number of pyridine rings is 1. The van der Waals surface area contributed by atoms with Crippen LogP contribution in [0.5, 0.6) is 0 Å². The molecule has 8 heteroatoms. The van der Waals surface area contributed by atoms with Crippen LogP contribution in [0.15, 0.2) is 29.0 Å². The van der Waals surface area contributed by atoms with Crippen molar-refractivity contribution in [3.05, 3.63) is 41.8 Å². The normalized spacial score (nSPS) is 21.4. The number of nitrogens with zero attached hydrogens (tertiary/aromatic N) is 4. The quantitative estimate of drug-likeness (QED) is 0.734. The summed E-state index contributed by atoms with van der Waals surface area (Å²) >= 11 is 0. The highest BCUT2D eigenvalue weighted by atomic mass is 16.5. The molecule has 29 heavy (non-hydrogen) atoms. The van der Waals surface area contributed by atoms with Gasteiger partial charge in [-0.3, -0.25) is 9.78 Å². The van der Waals surface area contributed by atoms with Crippen LogP contribution in [0.4, 0.5) is 0 Å². The van der Waals surface area contributed by atoms with Crippen molar-refractivity contribution in [3.8, 4) is 0 Å². The number of amides is 1. The van der Waals surface area contributed by atoms with Gasteiger partial charge in [-0.25, -0.2) is 0 Å². The lowest BCUT2D eigenvalue weighted by Gasteiger charge is -2.46. The van der Waals surface area contributed by atoms with E-state index in [-0.39, 0.29) is 11.5 Å². The van der Waals surface area contributed by atoms with E-state index in [1.165, 1.54) is 0 Å². The van der Waals surface area contributed by atoms with Crippen LogP contribution in [-0.2, 0) is 33.7 Å². The van der Waals surface area contributed by atoms with Crippen LogP contribution in [0.1, 0.15) is 43.0 Å². The summed E-state index contributed by atoms with van der Waals surface area (Å²) in [7, 11) is 1.61. The fourth-order valence-corrected chi connectivity index (χ4v) is 4.42. The molecule has 4 rings (SSSR count). The third-order valence-electron chi connectivity index (χ3n) is 5.98. The molecule has 2 aliphatic heterocycles. The first-order valence-corrected chi connectivity index (χ1v) is 10.3. The number of likely N-dealkylation sites (tertiary alicyclic amines) is 1. The third-order valence-corrected chi connectivity index (χ3v) is 5.98. The van der Waals surface area contributed by atoms with E-state index >= 15 is 0 Å². The number of carbonyl (C=O) groups is 1. The van der Waals surface area contributed by atoms with Crippen molar-refractivity contribution < 1.29 is 18.8 Å². The van der Waals surface area contributed by atoms with E-state index in [0.29, 0.717) is 24.8 Å². The molecule has 1 atom stereocenters. The maximum atomic E-state index is 12.6. The molecule has 0 aromatic carbocycles. The van der Waals surface area contributed by atoms with Crippen LogP contribution in [0.2, 0.25) is 0 Å². The number of aromatic nitrogens is 3. The van der Waals surface area contributed by atoms with Crippen molar-refractivity contribution in [2.75, 3.05) is 26.8 Å². The molecule has 1 amide bonds. The van der Waals surface area contributed by atoms with Crippen LogP contribution < -0.4 is 0 Å². The van der Waals surface area contributed by atoms with Crippen molar-refractivity contribution in [1.29, 1.82) is 0 Å². The second-order valence-electron chi connectivity index (χ2n) is 8.04. The Morgan fingerprint density at radius 1 is 1.31 bits per heavy atom. The summed E-state index contributed by atoms with van der Waals surface area (Å²) in [6, 6.07) is 3.79. The van der Waals surface area contributed by atoms with Gasteiger partial charge in [0.25, 0.3) is 5.89 Å². The number of rotatable bonds is 6. The first kappa shape index (κ1) is 20.0. The lowest BCUT2D eigenvalue weighted by Crippen LogP contribution is -2.51. The van der Waals surface area contributed by atoms with Gasteiger partial charge in [-0.2, -0.15) is 4.98 Å². The van der Waals surface area contributed by atoms with Gasteiger partial charge >= 0.3 is 0 Å².